The van der Waals surface area contributed by atoms with E-state index in [9.17, 15) is 0 Å². The van der Waals surface area contributed by atoms with Gasteiger partial charge in [0.25, 0.3) is 0 Å². The van der Waals surface area contributed by atoms with Gasteiger partial charge in [-0.3, -0.25) is 0 Å². The Morgan fingerprint density at radius 2 is 1.74 bits per heavy atom. The standard InChI is InChI=1S/C17H24N4O2/c1-4-21(5-2)17-19-11-10-16(20-17)18-12-13-23-15-8-6-14(22-3)7-9-15/h6-11H,4-5,12-13H2,1-3H3,(H,18,19,20). The molecule has 6 nitrogen and oxygen atoms in total. The molecule has 0 aliphatic heterocycles. The highest BCUT2D eigenvalue weighted by Gasteiger charge is 2.05. The topological polar surface area (TPSA) is 59.5 Å². The zero-order chi connectivity index (χ0) is 16.5. The van der Waals surface area contributed by atoms with Crippen molar-refractivity contribution >= 4 is 11.8 Å². The third-order valence-corrected chi connectivity index (χ3v) is 3.43. The molecule has 0 aliphatic carbocycles. The van der Waals surface area contributed by atoms with Crippen molar-refractivity contribution in [3.8, 4) is 11.5 Å². The Balaban J connectivity index is 1.80. The lowest BCUT2D eigenvalue weighted by Crippen LogP contribution is -2.24. The third kappa shape index (κ3) is 5.02. The molecule has 0 fully saturated rings. The number of nitrogens with zero attached hydrogens (tertiary/aromatic N) is 3. The van der Waals surface area contributed by atoms with Crippen LogP contribution in [-0.2, 0) is 0 Å². The van der Waals surface area contributed by atoms with Gasteiger partial charge >= 0.3 is 0 Å². The van der Waals surface area contributed by atoms with Gasteiger partial charge < -0.3 is 19.7 Å². The Hall–Kier alpha value is -2.50. The molecule has 2 rings (SSSR count). The van der Waals surface area contributed by atoms with Gasteiger partial charge in [-0.05, 0) is 44.2 Å². The summed E-state index contributed by atoms with van der Waals surface area (Å²) in [5.74, 6) is 3.19. The van der Waals surface area contributed by atoms with E-state index in [2.05, 4.69) is 34.0 Å². The summed E-state index contributed by atoms with van der Waals surface area (Å²) in [7, 11) is 1.65. The van der Waals surface area contributed by atoms with Gasteiger partial charge in [0, 0.05) is 19.3 Å². The first-order valence-electron chi connectivity index (χ1n) is 7.85. The van der Waals surface area contributed by atoms with Crippen LogP contribution >= 0.6 is 0 Å². The van der Waals surface area contributed by atoms with Gasteiger partial charge in [0.1, 0.15) is 23.9 Å². The monoisotopic (exact) mass is 316 g/mol. The van der Waals surface area contributed by atoms with E-state index in [0.29, 0.717) is 13.2 Å². The molecule has 0 saturated carbocycles. The van der Waals surface area contributed by atoms with Crippen LogP contribution in [0.25, 0.3) is 0 Å². The van der Waals surface area contributed by atoms with Crippen LogP contribution in [0.4, 0.5) is 11.8 Å². The molecule has 0 bridgehead atoms. The molecule has 0 radical (unpaired) electrons. The number of nitrogens with one attached hydrogen (secondary N) is 1. The van der Waals surface area contributed by atoms with Gasteiger partial charge in [0.05, 0.1) is 13.7 Å². The minimum absolute atomic E-state index is 0.553. The van der Waals surface area contributed by atoms with Crippen molar-refractivity contribution in [3.05, 3.63) is 36.5 Å². The molecular formula is C17H24N4O2. The van der Waals surface area contributed by atoms with Crippen LogP contribution in [-0.4, -0.2) is 43.3 Å². The fourth-order valence-corrected chi connectivity index (χ4v) is 2.13. The Bertz CT molecular complexity index is 585. The first kappa shape index (κ1) is 16.9. The van der Waals surface area contributed by atoms with E-state index >= 15 is 0 Å². The molecule has 0 saturated heterocycles. The molecular weight excluding hydrogens is 292 g/mol. The fourth-order valence-electron chi connectivity index (χ4n) is 2.13. The van der Waals surface area contributed by atoms with E-state index in [1.807, 2.05) is 30.3 Å². The Morgan fingerprint density at radius 1 is 1.04 bits per heavy atom. The smallest absolute Gasteiger partial charge is 0.227 e. The van der Waals surface area contributed by atoms with Gasteiger partial charge in [-0.2, -0.15) is 4.98 Å². The van der Waals surface area contributed by atoms with E-state index in [-0.39, 0.29) is 0 Å². The highest BCUT2D eigenvalue weighted by Crippen LogP contribution is 2.17. The first-order chi connectivity index (χ1) is 11.3. The van der Waals surface area contributed by atoms with Crippen molar-refractivity contribution in [1.29, 1.82) is 0 Å². The number of hydrogen-bond donors (Lipinski definition) is 1. The predicted molar refractivity (Wildman–Crippen MR) is 92.6 cm³/mol. The number of aromatic nitrogens is 2. The van der Waals surface area contributed by atoms with Crippen LogP contribution in [0.1, 0.15) is 13.8 Å². The van der Waals surface area contributed by atoms with Crippen LogP contribution < -0.4 is 19.7 Å². The maximum absolute atomic E-state index is 5.68. The molecule has 1 heterocycles. The summed E-state index contributed by atoms with van der Waals surface area (Å²) in [4.78, 5) is 10.9. The molecule has 0 aliphatic rings. The Kier molecular flexibility index (Phi) is 6.47. The lowest BCUT2D eigenvalue weighted by atomic mass is 10.3. The summed E-state index contributed by atoms with van der Waals surface area (Å²) in [6, 6.07) is 9.40. The average molecular weight is 316 g/mol. The van der Waals surface area contributed by atoms with Crippen LogP contribution in [0.3, 0.4) is 0 Å². The summed E-state index contributed by atoms with van der Waals surface area (Å²) < 4.78 is 10.8. The van der Waals surface area contributed by atoms with Crippen molar-refractivity contribution < 1.29 is 9.47 Å². The third-order valence-electron chi connectivity index (χ3n) is 3.43. The zero-order valence-electron chi connectivity index (χ0n) is 14.0. The maximum Gasteiger partial charge on any atom is 0.227 e. The van der Waals surface area contributed by atoms with Gasteiger partial charge in [-0.25, -0.2) is 4.98 Å². The SMILES string of the molecule is CCN(CC)c1nccc(NCCOc2ccc(OC)cc2)n1. The molecule has 0 unspecified atom stereocenters. The summed E-state index contributed by atoms with van der Waals surface area (Å²) >= 11 is 0. The van der Waals surface area contributed by atoms with Gasteiger partial charge in [-0.1, -0.05) is 0 Å². The molecule has 1 aromatic heterocycles. The number of anilines is 2. The van der Waals surface area contributed by atoms with Crippen molar-refractivity contribution in [2.75, 3.05) is 43.6 Å². The zero-order valence-corrected chi connectivity index (χ0v) is 14.0. The largest absolute Gasteiger partial charge is 0.497 e. The summed E-state index contributed by atoms with van der Waals surface area (Å²) in [6.07, 6.45) is 1.77. The van der Waals surface area contributed by atoms with Gasteiger partial charge in [0.15, 0.2) is 0 Å². The van der Waals surface area contributed by atoms with E-state index in [1.54, 1.807) is 13.3 Å². The Labute approximate surface area is 137 Å². The van der Waals surface area contributed by atoms with Gasteiger partial charge in [0.2, 0.25) is 5.95 Å². The molecule has 0 amide bonds. The fraction of sp³-hybridized carbons (Fsp3) is 0.412. The van der Waals surface area contributed by atoms with Crippen LogP contribution in [0.15, 0.2) is 36.5 Å². The first-order valence-corrected chi connectivity index (χ1v) is 7.85. The maximum atomic E-state index is 5.68. The normalized spacial score (nSPS) is 10.2. The van der Waals surface area contributed by atoms with Crippen molar-refractivity contribution in [1.82, 2.24) is 9.97 Å². The van der Waals surface area contributed by atoms with Crippen LogP contribution in [0, 0.1) is 0 Å². The highest BCUT2D eigenvalue weighted by molar-refractivity contribution is 5.41. The van der Waals surface area contributed by atoms with Crippen LogP contribution in [0.5, 0.6) is 11.5 Å². The molecule has 124 valence electrons. The summed E-state index contributed by atoms with van der Waals surface area (Å²) in [5, 5.41) is 3.25. The average Bonchev–Trinajstić information content (AvgIpc) is 2.61. The number of methoxy groups -OCH3 is 1. The van der Waals surface area contributed by atoms with Crippen LogP contribution in [0.2, 0.25) is 0 Å². The lowest BCUT2D eigenvalue weighted by molar-refractivity contribution is 0.331. The van der Waals surface area contributed by atoms with Crippen molar-refractivity contribution in [3.63, 3.8) is 0 Å². The number of rotatable bonds is 9. The summed E-state index contributed by atoms with van der Waals surface area (Å²) in [5.41, 5.74) is 0. The lowest BCUT2D eigenvalue weighted by Gasteiger charge is -2.18. The number of benzene rings is 1. The molecule has 0 atom stereocenters. The molecule has 2 aromatic rings. The predicted octanol–water partition coefficient (Wildman–Crippen LogP) is 2.82. The molecule has 0 spiro atoms. The molecule has 23 heavy (non-hydrogen) atoms. The second kappa shape index (κ2) is 8.82. The summed E-state index contributed by atoms with van der Waals surface area (Å²) in [6.45, 7) is 7.18. The van der Waals surface area contributed by atoms with Gasteiger partial charge in [-0.15, -0.1) is 0 Å². The van der Waals surface area contributed by atoms with E-state index in [4.69, 9.17) is 9.47 Å². The minimum atomic E-state index is 0.553. The highest BCUT2D eigenvalue weighted by atomic mass is 16.5. The molecule has 1 N–H and O–H groups in total. The second-order valence-corrected chi connectivity index (χ2v) is 4.86. The van der Waals surface area contributed by atoms with E-state index in [1.165, 1.54) is 0 Å². The second-order valence-electron chi connectivity index (χ2n) is 4.86. The number of hydrogen-bond acceptors (Lipinski definition) is 6. The Morgan fingerprint density at radius 3 is 2.39 bits per heavy atom. The van der Waals surface area contributed by atoms with E-state index < -0.39 is 0 Å². The number of ether oxygens (including phenoxy) is 2. The quantitative estimate of drug-likeness (QED) is 0.718. The van der Waals surface area contributed by atoms with Crippen molar-refractivity contribution in [2.24, 2.45) is 0 Å². The van der Waals surface area contributed by atoms with Crippen molar-refractivity contribution in [2.45, 2.75) is 13.8 Å². The van der Waals surface area contributed by atoms with E-state index in [0.717, 1.165) is 36.4 Å². The molecule has 6 heteroatoms. The molecule has 1 aromatic carbocycles. The minimum Gasteiger partial charge on any atom is -0.497 e.